The van der Waals surface area contributed by atoms with Crippen molar-refractivity contribution < 1.29 is 19.5 Å². The van der Waals surface area contributed by atoms with E-state index < -0.39 is 5.97 Å². The number of carboxylic acid groups (broad SMARTS) is 1. The van der Waals surface area contributed by atoms with Gasteiger partial charge in [-0.15, -0.1) is 0 Å². The van der Waals surface area contributed by atoms with Gasteiger partial charge in [-0.25, -0.2) is 4.98 Å². The molecule has 2 aliphatic rings. The summed E-state index contributed by atoms with van der Waals surface area (Å²) in [6.45, 7) is 1.59. The number of hydrogen-bond acceptors (Lipinski definition) is 5. The fraction of sp³-hybridized carbons (Fsp3) is 0.529. The predicted molar refractivity (Wildman–Crippen MR) is 86.6 cm³/mol. The Morgan fingerprint density at radius 1 is 1.25 bits per heavy atom. The number of amides is 2. The molecule has 1 aromatic heterocycles. The van der Waals surface area contributed by atoms with Crippen molar-refractivity contribution in [3.63, 3.8) is 0 Å². The first-order valence-corrected chi connectivity index (χ1v) is 8.29. The van der Waals surface area contributed by atoms with Crippen molar-refractivity contribution in [2.45, 2.75) is 38.0 Å². The van der Waals surface area contributed by atoms with Gasteiger partial charge >= 0.3 is 5.97 Å². The van der Waals surface area contributed by atoms with Gasteiger partial charge in [-0.2, -0.15) is 0 Å². The maximum absolute atomic E-state index is 11.9. The molecule has 3 heterocycles. The Kier molecular flexibility index (Phi) is 4.78. The average molecular weight is 331 g/mol. The van der Waals surface area contributed by atoms with E-state index in [0.717, 1.165) is 37.3 Å². The third-order valence-corrected chi connectivity index (χ3v) is 4.81. The van der Waals surface area contributed by atoms with Crippen LogP contribution in [-0.4, -0.2) is 41.0 Å². The molecule has 3 rings (SSSR count). The number of nitrogens with zero attached hydrogens (tertiary/aromatic N) is 2. The third-order valence-electron chi connectivity index (χ3n) is 4.81. The van der Waals surface area contributed by atoms with Crippen molar-refractivity contribution in [2.75, 3.05) is 18.0 Å². The summed E-state index contributed by atoms with van der Waals surface area (Å²) < 4.78 is 0. The van der Waals surface area contributed by atoms with Gasteiger partial charge in [-0.1, -0.05) is 6.07 Å². The predicted octanol–water partition coefficient (Wildman–Crippen LogP) is 1.29. The number of piperidine rings is 2. The van der Waals surface area contributed by atoms with E-state index in [4.69, 9.17) is 5.11 Å². The van der Waals surface area contributed by atoms with E-state index in [1.165, 1.54) is 0 Å². The fourth-order valence-electron chi connectivity index (χ4n) is 3.42. The van der Waals surface area contributed by atoms with Crippen LogP contribution in [0.15, 0.2) is 18.3 Å². The van der Waals surface area contributed by atoms with Gasteiger partial charge in [0.25, 0.3) is 0 Å². The number of anilines is 1. The van der Waals surface area contributed by atoms with Gasteiger partial charge in [0.15, 0.2) is 0 Å². The van der Waals surface area contributed by atoms with Crippen molar-refractivity contribution in [1.82, 2.24) is 10.3 Å². The molecule has 1 unspecified atom stereocenters. The zero-order valence-electron chi connectivity index (χ0n) is 13.4. The largest absolute Gasteiger partial charge is 0.481 e. The molecule has 0 aliphatic carbocycles. The molecule has 7 heteroatoms. The highest BCUT2D eigenvalue weighted by Crippen LogP contribution is 2.27. The van der Waals surface area contributed by atoms with Crippen LogP contribution in [0, 0.1) is 5.92 Å². The molecule has 7 nitrogen and oxygen atoms in total. The molecule has 0 saturated carbocycles. The number of imide groups is 1. The fourth-order valence-corrected chi connectivity index (χ4v) is 3.42. The highest BCUT2D eigenvalue weighted by molar-refractivity contribution is 6.00. The van der Waals surface area contributed by atoms with E-state index >= 15 is 0 Å². The molecule has 0 radical (unpaired) electrons. The number of carbonyl (C=O) groups excluding carboxylic acids is 2. The van der Waals surface area contributed by atoms with Crippen molar-refractivity contribution in [1.29, 1.82) is 0 Å². The first-order chi connectivity index (χ1) is 11.5. The van der Waals surface area contributed by atoms with Crippen LogP contribution in [-0.2, 0) is 14.4 Å². The lowest BCUT2D eigenvalue weighted by molar-refractivity contribution is -0.138. The van der Waals surface area contributed by atoms with Gasteiger partial charge in [-0.05, 0) is 36.8 Å². The summed E-state index contributed by atoms with van der Waals surface area (Å²) in [6, 6.07) is 3.79. The molecule has 24 heavy (non-hydrogen) atoms. The zero-order chi connectivity index (χ0) is 17.1. The summed E-state index contributed by atoms with van der Waals surface area (Å²) in [6.07, 6.45) is 4.52. The summed E-state index contributed by atoms with van der Waals surface area (Å²) in [5, 5.41) is 11.2. The molecule has 2 N–H and O–H groups in total. The summed E-state index contributed by atoms with van der Waals surface area (Å²) in [7, 11) is 0. The SMILES string of the molecule is O=C(O)CC1CCN(c2ccc(C3CCC(=O)NC3=O)cn2)CC1. The Hall–Kier alpha value is -2.44. The maximum atomic E-state index is 11.9. The first-order valence-electron chi connectivity index (χ1n) is 8.29. The third kappa shape index (κ3) is 3.72. The molecule has 2 aliphatic heterocycles. The van der Waals surface area contributed by atoms with E-state index in [1.54, 1.807) is 6.20 Å². The first kappa shape index (κ1) is 16.4. The van der Waals surface area contributed by atoms with Crippen LogP contribution < -0.4 is 10.2 Å². The minimum absolute atomic E-state index is 0.218. The van der Waals surface area contributed by atoms with E-state index in [1.807, 2.05) is 12.1 Å². The lowest BCUT2D eigenvalue weighted by Gasteiger charge is -2.32. The standard InChI is InChI=1S/C17H21N3O4/c21-15-4-2-13(17(24)19-15)12-1-3-14(18-10-12)20-7-5-11(6-8-20)9-16(22)23/h1,3,10-11,13H,2,4-9H2,(H,22,23)(H,19,21,24). The van der Waals surface area contributed by atoms with Gasteiger partial charge in [0.1, 0.15) is 5.82 Å². The Morgan fingerprint density at radius 3 is 2.58 bits per heavy atom. The number of carboxylic acids is 1. The van der Waals surface area contributed by atoms with Crippen molar-refractivity contribution in [3.05, 3.63) is 23.9 Å². The maximum Gasteiger partial charge on any atom is 0.303 e. The second-order valence-electron chi connectivity index (χ2n) is 6.48. The molecule has 2 saturated heterocycles. The Bertz CT molecular complexity index is 636. The molecular weight excluding hydrogens is 310 g/mol. The summed E-state index contributed by atoms with van der Waals surface area (Å²) >= 11 is 0. The quantitative estimate of drug-likeness (QED) is 0.807. The van der Waals surface area contributed by atoms with E-state index in [9.17, 15) is 14.4 Å². The smallest absolute Gasteiger partial charge is 0.303 e. The topological polar surface area (TPSA) is 99.6 Å². The number of aliphatic carboxylic acids is 1. The van der Waals surface area contributed by atoms with Crippen LogP contribution in [0.1, 0.15) is 43.6 Å². The Labute approximate surface area is 140 Å². The second-order valence-corrected chi connectivity index (χ2v) is 6.48. The lowest BCUT2D eigenvalue weighted by Crippen LogP contribution is -2.39. The number of aromatic nitrogens is 1. The molecule has 128 valence electrons. The van der Waals surface area contributed by atoms with Crippen LogP contribution in [0.25, 0.3) is 0 Å². The average Bonchev–Trinajstić information content (AvgIpc) is 2.55. The number of pyridine rings is 1. The zero-order valence-corrected chi connectivity index (χ0v) is 13.4. The summed E-state index contributed by atoms with van der Waals surface area (Å²) in [4.78, 5) is 40.5. The van der Waals surface area contributed by atoms with Crippen LogP contribution >= 0.6 is 0 Å². The number of nitrogens with one attached hydrogen (secondary N) is 1. The lowest BCUT2D eigenvalue weighted by atomic mass is 9.91. The van der Waals surface area contributed by atoms with Crippen molar-refractivity contribution >= 4 is 23.6 Å². The van der Waals surface area contributed by atoms with Crippen LogP contribution in [0.3, 0.4) is 0 Å². The normalized spacial score (nSPS) is 22.3. The summed E-state index contributed by atoms with van der Waals surface area (Å²) in [5.41, 5.74) is 0.824. The Balaban J connectivity index is 1.60. The van der Waals surface area contributed by atoms with Crippen molar-refractivity contribution in [3.8, 4) is 0 Å². The molecular formula is C17H21N3O4. The molecule has 1 aromatic rings. The van der Waals surface area contributed by atoms with Gasteiger partial charge in [0.2, 0.25) is 11.8 Å². The van der Waals surface area contributed by atoms with E-state index in [2.05, 4.69) is 15.2 Å². The highest BCUT2D eigenvalue weighted by Gasteiger charge is 2.28. The van der Waals surface area contributed by atoms with E-state index in [-0.39, 0.29) is 30.1 Å². The molecule has 0 bridgehead atoms. The van der Waals surface area contributed by atoms with Crippen molar-refractivity contribution in [2.24, 2.45) is 5.92 Å². The second kappa shape index (κ2) is 6.98. The van der Waals surface area contributed by atoms with Crippen LogP contribution in [0.2, 0.25) is 0 Å². The van der Waals surface area contributed by atoms with Gasteiger partial charge in [0.05, 0.1) is 5.92 Å². The molecule has 2 amide bonds. The highest BCUT2D eigenvalue weighted by atomic mass is 16.4. The monoisotopic (exact) mass is 331 g/mol. The van der Waals surface area contributed by atoms with Gasteiger partial charge in [0, 0.05) is 32.1 Å². The van der Waals surface area contributed by atoms with Gasteiger partial charge in [-0.3, -0.25) is 19.7 Å². The van der Waals surface area contributed by atoms with Gasteiger partial charge < -0.3 is 10.0 Å². The number of rotatable bonds is 4. The summed E-state index contributed by atoms with van der Waals surface area (Å²) in [5.74, 6) is -0.438. The minimum Gasteiger partial charge on any atom is -0.481 e. The minimum atomic E-state index is -0.736. The van der Waals surface area contributed by atoms with Crippen LogP contribution in [0.4, 0.5) is 5.82 Å². The molecule has 0 spiro atoms. The van der Waals surface area contributed by atoms with Crippen LogP contribution in [0.5, 0.6) is 0 Å². The molecule has 1 atom stereocenters. The number of carbonyl (C=O) groups is 3. The Morgan fingerprint density at radius 2 is 2.00 bits per heavy atom. The molecule has 0 aromatic carbocycles. The number of hydrogen-bond donors (Lipinski definition) is 2. The molecule has 2 fully saturated rings. The van der Waals surface area contributed by atoms with E-state index in [0.29, 0.717) is 12.8 Å².